The third-order valence-corrected chi connectivity index (χ3v) is 7.35. The SMILES string of the molecule is CCN(C(=O)C(C)OC(=O)Cc1csc(-c2ccccn2)n1)C1CCS(=O)(=O)C1. The van der Waals surface area contributed by atoms with E-state index in [-0.39, 0.29) is 29.9 Å². The molecular weight excluding hydrogens is 414 g/mol. The Balaban J connectivity index is 1.57. The van der Waals surface area contributed by atoms with E-state index in [1.54, 1.807) is 18.5 Å². The lowest BCUT2D eigenvalue weighted by Gasteiger charge is -2.29. The number of amides is 1. The Hall–Kier alpha value is -2.33. The van der Waals surface area contributed by atoms with Crippen molar-refractivity contribution in [1.82, 2.24) is 14.9 Å². The van der Waals surface area contributed by atoms with Crippen molar-refractivity contribution >= 4 is 33.1 Å². The van der Waals surface area contributed by atoms with E-state index in [4.69, 9.17) is 4.74 Å². The molecule has 1 saturated heterocycles. The van der Waals surface area contributed by atoms with Crippen molar-refractivity contribution < 1.29 is 22.7 Å². The van der Waals surface area contributed by atoms with Gasteiger partial charge in [0.1, 0.15) is 5.01 Å². The van der Waals surface area contributed by atoms with Gasteiger partial charge in [-0.2, -0.15) is 0 Å². The van der Waals surface area contributed by atoms with Gasteiger partial charge in [-0.05, 0) is 32.4 Å². The molecule has 1 amide bonds. The molecule has 2 unspecified atom stereocenters. The molecule has 29 heavy (non-hydrogen) atoms. The monoisotopic (exact) mass is 437 g/mol. The van der Waals surface area contributed by atoms with Crippen molar-refractivity contribution in [3.63, 3.8) is 0 Å². The molecule has 0 bridgehead atoms. The molecule has 1 aliphatic heterocycles. The van der Waals surface area contributed by atoms with Crippen LogP contribution in [0.4, 0.5) is 0 Å². The summed E-state index contributed by atoms with van der Waals surface area (Å²) < 4.78 is 28.7. The Kier molecular flexibility index (Phi) is 6.63. The predicted molar refractivity (Wildman–Crippen MR) is 109 cm³/mol. The van der Waals surface area contributed by atoms with Gasteiger partial charge in [0, 0.05) is 24.2 Å². The van der Waals surface area contributed by atoms with Crippen LogP contribution in [0.3, 0.4) is 0 Å². The maximum Gasteiger partial charge on any atom is 0.312 e. The average molecular weight is 438 g/mol. The minimum Gasteiger partial charge on any atom is -0.452 e. The first kappa shape index (κ1) is 21.4. The van der Waals surface area contributed by atoms with Crippen molar-refractivity contribution in [3.05, 3.63) is 35.5 Å². The molecule has 2 aromatic heterocycles. The van der Waals surface area contributed by atoms with E-state index in [2.05, 4.69) is 9.97 Å². The van der Waals surface area contributed by atoms with Gasteiger partial charge >= 0.3 is 5.97 Å². The fraction of sp³-hybridized carbons (Fsp3) is 0.474. The first-order valence-electron chi connectivity index (χ1n) is 9.35. The van der Waals surface area contributed by atoms with Gasteiger partial charge in [0.15, 0.2) is 15.9 Å². The summed E-state index contributed by atoms with van der Waals surface area (Å²) in [7, 11) is -3.11. The molecule has 0 N–H and O–H groups in total. The number of rotatable bonds is 7. The van der Waals surface area contributed by atoms with Crippen molar-refractivity contribution in [2.24, 2.45) is 0 Å². The highest BCUT2D eigenvalue weighted by Crippen LogP contribution is 2.22. The number of carbonyl (C=O) groups excluding carboxylic acids is 2. The van der Waals surface area contributed by atoms with E-state index in [0.717, 1.165) is 5.69 Å². The Morgan fingerprint density at radius 2 is 2.17 bits per heavy atom. The summed E-state index contributed by atoms with van der Waals surface area (Å²) in [5, 5.41) is 2.47. The molecule has 3 rings (SSSR count). The van der Waals surface area contributed by atoms with Gasteiger partial charge in [-0.3, -0.25) is 14.6 Å². The molecule has 0 aromatic carbocycles. The van der Waals surface area contributed by atoms with Crippen LogP contribution in [-0.4, -0.2) is 65.4 Å². The number of hydrogen-bond acceptors (Lipinski definition) is 8. The maximum absolute atomic E-state index is 12.7. The minimum atomic E-state index is -3.11. The lowest BCUT2D eigenvalue weighted by Crippen LogP contribution is -2.46. The number of nitrogens with zero attached hydrogens (tertiary/aromatic N) is 3. The second-order valence-corrected chi connectivity index (χ2v) is 9.94. The molecule has 1 fully saturated rings. The topological polar surface area (TPSA) is 107 Å². The average Bonchev–Trinajstić information content (AvgIpc) is 3.29. The summed E-state index contributed by atoms with van der Waals surface area (Å²) in [6.07, 6.45) is 1.05. The largest absolute Gasteiger partial charge is 0.452 e. The number of sulfone groups is 1. The van der Waals surface area contributed by atoms with E-state index < -0.39 is 21.9 Å². The number of esters is 1. The first-order chi connectivity index (χ1) is 13.8. The number of ether oxygens (including phenoxy) is 1. The Morgan fingerprint density at radius 3 is 2.79 bits per heavy atom. The van der Waals surface area contributed by atoms with Crippen LogP contribution < -0.4 is 0 Å². The van der Waals surface area contributed by atoms with Crippen LogP contribution in [0.1, 0.15) is 26.0 Å². The number of carbonyl (C=O) groups is 2. The van der Waals surface area contributed by atoms with Crippen molar-refractivity contribution in [2.75, 3.05) is 18.1 Å². The highest BCUT2D eigenvalue weighted by molar-refractivity contribution is 7.91. The number of pyridine rings is 1. The summed E-state index contributed by atoms with van der Waals surface area (Å²) in [5.74, 6) is -0.894. The molecular formula is C19H23N3O5S2. The van der Waals surface area contributed by atoms with Crippen LogP contribution in [0.5, 0.6) is 0 Å². The van der Waals surface area contributed by atoms with E-state index in [9.17, 15) is 18.0 Å². The molecule has 0 aliphatic carbocycles. The zero-order valence-corrected chi connectivity index (χ0v) is 17.9. The predicted octanol–water partition coefficient (Wildman–Crippen LogP) is 1.71. The summed E-state index contributed by atoms with van der Waals surface area (Å²) in [6.45, 7) is 3.65. The van der Waals surface area contributed by atoms with Gasteiger partial charge in [-0.15, -0.1) is 11.3 Å². The summed E-state index contributed by atoms with van der Waals surface area (Å²) in [5.41, 5.74) is 1.28. The van der Waals surface area contributed by atoms with E-state index in [1.807, 2.05) is 18.2 Å². The van der Waals surface area contributed by atoms with Crippen LogP contribution in [0.15, 0.2) is 29.8 Å². The lowest BCUT2D eigenvalue weighted by atomic mass is 10.2. The minimum absolute atomic E-state index is 0.0393. The van der Waals surface area contributed by atoms with Crippen LogP contribution in [-0.2, 0) is 30.6 Å². The van der Waals surface area contributed by atoms with Gasteiger partial charge in [-0.25, -0.2) is 13.4 Å². The number of aromatic nitrogens is 2. The zero-order valence-electron chi connectivity index (χ0n) is 16.3. The van der Waals surface area contributed by atoms with Gasteiger partial charge < -0.3 is 9.64 Å². The molecule has 0 spiro atoms. The third-order valence-electron chi connectivity index (χ3n) is 4.69. The van der Waals surface area contributed by atoms with Gasteiger partial charge in [0.25, 0.3) is 5.91 Å². The smallest absolute Gasteiger partial charge is 0.312 e. The van der Waals surface area contributed by atoms with Crippen molar-refractivity contribution in [1.29, 1.82) is 0 Å². The third kappa shape index (κ3) is 5.39. The number of hydrogen-bond donors (Lipinski definition) is 0. The number of likely N-dealkylation sites (N-methyl/N-ethyl adjacent to an activating group) is 1. The van der Waals surface area contributed by atoms with Crippen molar-refractivity contribution in [2.45, 2.75) is 38.8 Å². The molecule has 2 aromatic rings. The molecule has 10 heteroatoms. The second-order valence-electron chi connectivity index (χ2n) is 6.85. The molecule has 2 atom stereocenters. The van der Waals surface area contributed by atoms with Crippen LogP contribution in [0.2, 0.25) is 0 Å². The molecule has 3 heterocycles. The fourth-order valence-electron chi connectivity index (χ4n) is 3.28. The summed E-state index contributed by atoms with van der Waals surface area (Å²) in [6, 6.07) is 5.15. The summed E-state index contributed by atoms with van der Waals surface area (Å²) in [4.78, 5) is 35.1. The highest BCUT2D eigenvalue weighted by atomic mass is 32.2. The fourth-order valence-corrected chi connectivity index (χ4v) is 5.81. The van der Waals surface area contributed by atoms with Gasteiger partial charge in [0.05, 0.1) is 29.3 Å². The second kappa shape index (κ2) is 9.00. The van der Waals surface area contributed by atoms with E-state index >= 15 is 0 Å². The molecule has 8 nitrogen and oxygen atoms in total. The summed E-state index contributed by atoms with van der Waals surface area (Å²) >= 11 is 1.38. The standard InChI is InChI=1S/C19H23N3O5S2/c1-3-22(15-7-9-29(25,26)12-15)19(24)13(2)27-17(23)10-14-11-28-18(21-14)16-6-4-5-8-20-16/h4-6,8,11,13,15H,3,7,9-10,12H2,1-2H3. The molecule has 1 aliphatic rings. The zero-order chi connectivity index (χ0) is 21.0. The van der Waals surface area contributed by atoms with Crippen molar-refractivity contribution in [3.8, 4) is 10.7 Å². The molecule has 156 valence electrons. The van der Waals surface area contributed by atoms with Gasteiger partial charge in [-0.1, -0.05) is 6.07 Å². The Morgan fingerprint density at radius 1 is 1.38 bits per heavy atom. The lowest BCUT2D eigenvalue weighted by molar-refractivity contribution is -0.159. The first-order valence-corrected chi connectivity index (χ1v) is 12.1. The Bertz CT molecular complexity index is 975. The van der Waals surface area contributed by atoms with Gasteiger partial charge in [0.2, 0.25) is 0 Å². The maximum atomic E-state index is 12.7. The quantitative estimate of drug-likeness (QED) is 0.607. The molecule has 0 radical (unpaired) electrons. The van der Waals surface area contributed by atoms with Crippen LogP contribution >= 0.6 is 11.3 Å². The normalized spacial score (nSPS) is 18.9. The molecule has 0 saturated carbocycles. The Labute approximate surface area is 173 Å². The highest BCUT2D eigenvalue weighted by Gasteiger charge is 2.36. The number of thiazole rings is 1. The van der Waals surface area contributed by atoms with Crippen LogP contribution in [0, 0.1) is 0 Å². The van der Waals surface area contributed by atoms with E-state index in [1.165, 1.54) is 23.2 Å². The van der Waals surface area contributed by atoms with Crippen LogP contribution in [0.25, 0.3) is 10.7 Å². The van der Waals surface area contributed by atoms with E-state index in [0.29, 0.717) is 23.7 Å².